The molecule has 1 N–H and O–H groups in total. The number of hydrogen-bond acceptors (Lipinski definition) is 2. The second-order valence-corrected chi connectivity index (χ2v) is 3.54. The minimum Gasteiger partial charge on any atom is -0.476 e. The smallest absolute Gasteiger partial charge is 0.356 e. The molecule has 0 saturated carbocycles. The summed E-state index contributed by atoms with van der Waals surface area (Å²) in [4.78, 5) is 10.7. The van der Waals surface area contributed by atoms with Crippen molar-refractivity contribution >= 4 is 5.97 Å². The zero-order chi connectivity index (χ0) is 10.4. The van der Waals surface area contributed by atoms with E-state index in [4.69, 9.17) is 5.11 Å². The predicted molar refractivity (Wildman–Crippen MR) is 53.3 cm³/mol. The number of hydrogen-bond donors (Lipinski definition) is 1. The molecule has 0 fully saturated rings. The topological polar surface area (TPSA) is 55.1 Å². The van der Waals surface area contributed by atoms with E-state index in [1.807, 2.05) is 24.3 Å². The molecule has 4 heteroatoms. The molecule has 0 unspecified atom stereocenters. The minimum absolute atomic E-state index is 0.111. The van der Waals surface area contributed by atoms with Gasteiger partial charge in [-0.05, 0) is 17.7 Å². The molecule has 0 atom stereocenters. The van der Waals surface area contributed by atoms with Crippen LogP contribution in [-0.2, 0) is 6.42 Å². The molecule has 0 amide bonds. The standard InChI is InChI=1S/C11H8N2O2/c14-11(15)9-6-8-5-7-3-1-2-4-10(7)13(8)12-9/h1-4,6H,5H2,(H,14,15). The first-order chi connectivity index (χ1) is 7.25. The third kappa shape index (κ3) is 1.08. The van der Waals surface area contributed by atoms with Crippen LogP contribution in [-0.4, -0.2) is 20.9 Å². The van der Waals surface area contributed by atoms with Crippen molar-refractivity contribution in [2.45, 2.75) is 6.42 Å². The molecule has 3 rings (SSSR count). The Bertz CT molecular complexity index is 557. The summed E-state index contributed by atoms with van der Waals surface area (Å²) in [7, 11) is 0. The number of carboxylic acids is 1. The molecule has 0 radical (unpaired) electrons. The van der Waals surface area contributed by atoms with Crippen LogP contribution in [0.5, 0.6) is 0 Å². The summed E-state index contributed by atoms with van der Waals surface area (Å²) in [5.74, 6) is -0.977. The number of carboxylic acid groups (broad SMARTS) is 1. The van der Waals surface area contributed by atoms with Crippen LogP contribution in [0.25, 0.3) is 5.69 Å². The van der Waals surface area contributed by atoms with Crippen molar-refractivity contribution in [2.24, 2.45) is 0 Å². The molecule has 0 saturated heterocycles. The zero-order valence-electron chi connectivity index (χ0n) is 7.84. The number of carbonyl (C=O) groups is 1. The maximum atomic E-state index is 10.7. The quantitative estimate of drug-likeness (QED) is 0.647. The van der Waals surface area contributed by atoms with E-state index in [1.165, 1.54) is 5.56 Å². The molecule has 1 aromatic carbocycles. The van der Waals surface area contributed by atoms with Gasteiger partial charge in [0, 0.05) is 12.1 Å². The Morgan fingerprint density at radius 1 is 1.40 bits per heavy atom. The van der Waals surface area contributed by atoms with Gasteiger partial charge in [0.2, 0.25) is 0 Å². The van der Waals surface area contributed by atoms with Gasteiger partial charge in [0.25, 0.3) is 0 Å². The lowest BCUT2D eigenvalue weighted by Crippen LogP contribution is -2.00. The molecule has 0 bridgehead atoms. The Kier molecular flexibility index (Phi) is 1.48. The van der Waals surface area contributed by atoms with Gasteiger partial charge in [-0.1, -0.05) is 18.2 Å². The van der Waals surface area contributed by atoms with Gasteiger partial charge in [-0.2, -0.15) is 5.10 Å². The van der Waals surface area contributed by atoms with Crippen molar-refractivity contribution in [3.8, 4) is 5.69 Å². The van der Waals surface area contributed by atoms with E-state index >= 15 is 0 Å². The van der Waals surface area contributed by atoms with Crippen molar-refractivity contribution in [3.63, 3.8) is 0 Å². The highest BCUT2D eigenvalue weighted by atomic mass is 16.4. The highest BCUT2D eigenvalue weighted by Gasteiger charge is 2.21. The Labute approximate surface area is 85.8 Å². The fraction of sp³-hybridized carbons (Fsp3) is 0.0909. The van der Waals surface area contributed by atoms with Gasteiger partial charge in [-0.15, -0.1) is 0 Å². The zero-order valence-corrected chi connectivity index (χ0v) is 7.84. The van der Waals surface area contributed by atoms with Crippen molar-refractivity contribution in [1.29, 1.82) is 0 Å². The summed E-state index contributed by atoms with van der Waals surface area (Å²) in [5, 5.41) is 12.9. The molecular formula is C11H8N2O2. The van der Waals surface area contributed by atoms with Crippen LogP contribution >= 0.6 is 0 Å². The van der Waals surface area contributed by atoms with Crippen molar-refractivity contribution in [1.82, 2.24) is 9.78 Å². The van der Waals surface area contributed by atoms with Crippen LogP contribution in [0.2, 0.25) is 0 Å². The Balaban J connectivity index is 2.19. The minimum atomic E-state index is -0.977. The lowest BCUT2D eigenvalue weighted by molar-refractivity contribution is 0.0690. The monoisotopic (exact) mass is 200 g/mol. The number of nitrogens with zero attached hydrogens (tertiary/aromatic N) is 2. The number of rotatable bonds is 1. The highest BCUT2D eigenvalue weighted by molar-refractivity contribution is 5.85. The Morgan fingerprint density at radius 3 is 3.00 bits per heavy atom. The van der Waals surface area contributed by atoms with Crippen LogP contribution in [0, 0.1) is 0 Å². The fourth-order valence-electron chi connectivity index (χ4n) is 1.92. The first-order valence-corrected chi connectivity index (χ1v) is 4.66. The number of aromatic carboxylic acids is 1. The van der Waals surface area contributed by atoms with Crippen molar-refractivity contribution in [3.05, 3.63) is 47.3 Å². The molecule has 1 aliphatic heterocycles. The lowest BCUT2D eigenvalue weighted by atomic mass is 10.1. The van der Waals surface area contributed by atoms with E-state index in [0.717, 1.165) is 17.8 Å². The second-order valence-electron chi connectivity index (χ2n) is 3.54. The van der Waals surface area contributed by atoms with Gasteiger partial charge in [0.15, 0.2) is 5.69 Å². The maximum Gasteiger partial charge on any atom is 0.356 e. The summed E-state index contributed by atoms with van der Waals surface area (Å²) in [5.41, 5.74) is 3.23. The Hall–Kier alpha value is -2.10. The SMILES string of the molecule is O=C(O)c1cc2n(n1)-c1ccccc1C2. The normalized spacial score (nSPS) is 12.3. The summed E-state index contributed by atoms with van der Waals surface area (Å²) in [6.45, 7) is 0. The van der Waals surface area contributed by atoms with Crippen molar-refractivity contribution < 1.29 is 9.90 Å². The van der Waals surface area contributed by atoms with Gasteiger partial charge in [0.05, 0.1) is 5.69 Å². The average Bonchev–Trinajstić information content (AvgIpc) is 2.73. The van der Waals surface area contributed by atoms with E-state index < -0.39 is 5.97 Å². The average molecular weight is 200 g/mol. The molecule has 1 aromatic heterocycles. The third-order valence-corrected chi connectivity index (χ3v) is 2.59. The highest BCUT2D eigenvalue weighted by Crippen LogP contribution is 2.27. The molecule has 0 spiro atoms. The largest absolute Gasteiger partial charge is 0.476 e. The van der Waals surface area contributed by atoms with Crippen LogP contribution in [0.15, 0.2) is 30.3 Å². The molecule has 2 heterocycles. The number of fused-ring (bicyclic) bond motifs is 3. The number of benzene rings is 1. The number of para-hydroxylation sites is 1. The lowest BCUT2D eigenvalue weighted by Gasteiger charge is -1.98. The van der Waals surface area contributed by atoms with E-state index in [0.29, 0.717) is 0 Å². The Morgan fingerprint density at radius 2 is 2.20 bits per heavy atom. The molecule has 4 nitrogen and oxygen atoms in total. The van der Waals surface area contributed by atoms with Crippen LogP contribution in [0.3, 0.4) is 0 Å². The van der Waals surface area contributed by atoms with Crippen molar-refractivity contribution in [2.75, 3.05) is 0 Å². The fourth-order valence-corrected chi connectivity index (χ4v) is 1.92. The number of aromatic nitrogens is 2. The van der Waals surface area contributed by atoms with Gasteiger partial charge >= 0.3 is 5.97 Å². The molecular weight excluding hydrogens is 192 g/mol. The molecule has 0 aliphatic carbocycles. The van der Waals surface area contributed by atoms with Crippen LogP contribution in [0.1, 0.15) is 21.7 Å². The van der Waals surface area contributed by atoms with Crippen LogP contribution in [0.4, 0.5) is 0 Å². The maximum absolute atomic E-state index is 10.7. The summed E-state index contributed by atoms with van der Waals surface area (Å²) in [6.07, 6.45) is 0.760. The molecule has 1 aliphatic rings. The summed E-state index contributed by atoms with van der Waals surface area (Å²) < 4.78 is 1.71. The summed E-state index contributed by atoms with van der Waals surface area (Å²) >= 11 is 0. The third-order valence-electron chi connectivity index (χ3n) is 2.59. The second kappa shape index (κ2) is 2.70. The first kappa shape index (κ1) is 8.23. The van der Waals surface area contributed by atoms with E-state index in [2.05, 4.69) is 5.10 Å². The van der Waals surface area contributed by atoms with Gasteiger partial charge in [0.1, 0.15) is 0 Å². The summed E-state index contributed by atoms with van der Waals surface area (Å²) in [6, 6.07) is 9.51. The van der Waals surface area contributed by atoms with Gasteiger partial charge in [-0.25, -0.2) is 9.48 Å². The molecule has 74 valence electrons. The van der Waals surface area contributed by atoms with Gasteiger partial charge < -0.3 is 5.11 Å². The first-order valence-electron chi connectivity index (χ1n) is 4.66. The van der Waals surface area contributed by atoms with E-state index in [-0.39, 0.29) is 5.69 Å². The predicted octanol–water partition coefficient (Wildman–Crippen LogP) is 1.47. The van der Waals surface area contributed by atoms with E-state index in [1.54, 1.807) is 10.7 Å². The molecule has 15 heavy (non-hydrogen) atoms. The van der Waals surface area contributed by atoms with Gasteiger partial charge in [-0.3, -0.25) is 0 Å². The molecule has 2 aromatic rings. The van der Waals surface area contributed by atoms with E-state index in [9.17, 15) is 4.79 Å². The van der Waals surface area contributed by atoms with Crippen LogP contribution < -0.4 is 0 Å².